The zero-order valence-electron chi connectivity index (χ0n) is 66.9. The maximum atomic E-state index is 13.1. The van der Waals surface area contributed by atoms with Gasteiger partial charge in [-0.15, -0.1) is 0 Å². The number of phosphoric acid groups is 2. The largest absolute Gasteiger partial charge is 0.472 e. The van der Waals surface area contributed by atoms with Crippen LogP contribution in [0.4, 0.5) is 0 Å². The molecular formula is C83H162O17P2. The molecular weight excluding hydrogens is 1330 g/mol. The lowest BCUT2D eigenvalue weighted by Crippen LogP contribution is -2.30. The van der Waals surface area contributed by atoms with Crippen LogP contribution in [0.2, 0.25) is 0 Å². The van der Waals surface area contributed by atoms with Crippen molar-refractivity contribution in [3.05, 3.63) is 0 Å². The van der Waals surface area contributed by atoms with Crippen molar-refractivity contribution in [2.45, 2.75) is 458 Å². The highest BCUT2D eigenvalue weighted by Gasteiger charge is 2.30. The number of aliphatic hydroxyl groups is 1. The lowest BCUT2D eigenvalue weighted by atomic mass is 10.0. The fourth-order valence-corrected chi connectivity index (χ4v) is 14.5. The molecule has 0 fully saturated rings. The third-order valence-electron chi connectivity index (χ3n) is 19.5. The van der Waals surface area contributed by atoms with Gasteiger partial charge in [-0.25, -0.2) is 9.13 Å². The van der Waals surface area contributed by atoms with Gasteiger partial charge >= 0.3 is 39.5 Å². The third-order valence-corrected chi connectivity index (χ3v) is 21.4. The van der Waals surface area contributed by atoms with Crippen molar-refractivity contribution < 1.29 is 80.2 Å². The van der Waals surface area contributed by atoms with Crippen LogP contribution in [0.1, 0.15) is 440 Å². The number of ether oxygens (including phenoxy) is 4. The maximum Gasteiger partial charge on any atom is 0.472 e. The molecule has 606 valence electrons. The van der Waals surface area contributed by atoms with Gasteiger partial charge in [0.05, 0.1) is 26.4 Å². The van der Waals surface area contributed by atoms with Crippen LogP contribution in [0.15, 0.2) is 0 Å². The summed E-state index contributed by atoms with van der Waals surface area (Å²) in [5.74, 6) is -0.508. The number of hydrogen-bond acceptors (Lipinski definition) is 15. The monoisotopic (exact) mass is 1490 g/mol. The second-order valence-electron chi connectivity index (χ2n) is 30.8. The number of esters is 4. The summed E-state index contributed by atoms with van der Waals surface area (Å²) in [4.78, 5) is 73.2. The van der Waals surface area contributed by atoms with Crippen molar-refractivity contribution in [1.29, 1.82) is 0 Å². The Morgan fingerprint density at radius 2 is 0.451 bits per heavy atom. The molecule has 0 aromatic heterocycles. The summed E-state index contributed by atoms with van der Waals surface area (Å²) in [6.45, 7) is 9.71. The number of carbonyl (C=O) groups excluding carboxylic acids is 4. The van der Waals surface area contributed by atoms with E-state index in [4.69, 9.17) is 37.0 Å². The molecule has 0 aromatic carbocycles. The first-order chi connectivity index (χ1) is 49.4. The molecule has 0 heterocycles. The summed E-state index contributed by atoms with van der Waals surface area (Å²) >= 11 is 0. The smallest absolute Gasteiger partial charge is 0.462 e. The van der Waals surface area contributed by atoms with Gasteiger partial charge in [-0.2, -0.15) is 0 Å². The summed E-state index contributed by atoms with van der Waals surface area (Å²) in [6, 6.07) is 0. The molecule has 0 saturated heterocycles. The van der Waals surface area contributed by atoms with E-state index in [1.807, 2.05) is 0 Å². The molecule has 0 rings (SSSR count). The number of phosphoric ester groups is 2. The molecule has 0 saturated carbocycles. The quantitative estimate of drug-likeness (QED) is 0.0222. The SMILES string of the molecule is CCCCCCCCCCCCCCCCCCC(=O)O[C@H](COC(=O)CCCCCCCCCCCCCC)COP(=O)(O)OC[C@H](O)COP(=O)(O)OC[C@@H](COC(=O)CCCCCCCCCCCCCCCCC(C)C)OC(=O)CCCCCCCCCCCCCCCCC(C)C. The number of aliphatic hydroxyl groups excluding tert-OH is 1. The van der Waals surface area contributed by atoms with E-state index < -0.39 is 97.5 Å². The van der Waals surface area contributed by atoms with Crippen molar-refractivity contribution in [3.8, 4) is 0 Å². The van der Waals surface area contributed by atoms with Gasteiger partial charge in [-0.05, 0) is 37.5 Å². The Morgan fingerprint density at radius 3 is 0.667 bits per heavy atom. The number of carbonyl (C=O) groups is 4. The normalized spacial score (nSPS) is 13.9. The second kappa shape index (κ2) is 74.5. The molecule has 3 N–H and O–H groups in total. The number of unbranched alkanes of at least 4 members (excludes halogenated alkanes) is 52. The molecule has 0 amide bonds. The minimum atomic E-state index is -4.96. The predicted octanol–water partition coefficient (Wildman–Crippen LogP) is 25.1. The van der Waals surface area contributed by atoms with Crippen LogP contribution in [0.5, 0.6) is 0 Å². The Hall–Kier alpha value is -1.94. The zero-order chi connectivity index (χ0) is 74.9. The Bertz CT molecular complexity index is 1960. The third kappa shape index (κ3) is 76.3. The molecule has 0 radical (unpaired) electrons. The molecule has 0 aliphatic heterocycles. The molecule has 5 atom stereocenters. The maximum absolute atomic E-state index is 13.1. The molecule has 17 nitrogen and oxygen atoms in total. The summed E-state index contributed by atoms with van der Waals surface area (Å²) in [5.41, 5.74) is 0. The molecule has 0 aliphatic rings. The highest BCUT2D eigenvalue weighted by Crippen LogP contribution is 2.45. The lowest BCUT2D eigenvalue weighted by molar-refractivity contribution is -0.161. The van der Waals surface area contributed by atoms with Crippen LogP contribution in [-0.4, -0.2) is 96.7 Å². The van der Waals surface area contributed by atoms with Gasteiger partial charge in [-0.3, -0.25) is 37.3 Å². The highest BCUT2D eigenvalue weighted by molar-refractivity contribution is 7.47. The summed E-state index contributed by atoms with van der Waals surface area (Å²) in [7, 11) is -9.92. The minimum Gasteiger partial charge on any atom is -0.462 e. The van der Waals surface area contributed by atoms with Gasteiger partial charge in [0.2, 0.25) is 0 Å². The number of rotatable bonds is 82. The van der Waals surface area contributed by atoms with Crippen molar-refractivity contribution >= 4 is 39.5 Å². The molecule has 19 heteroatoms. The van der Waals surface area contributed by atoms with Gasteiger partial charge < -0.3 is 33.8 Å². The molecule has 0 spiro atoms. The van der Waals surface area contributed by atoms with Gasteiger partial charge in [0.25, 0.3) is 0 Å². The van der Waals surface area contributed by atoms with Gasteiger partial charge in [0, 0.05) is 25.7 Å². The Balaban J connectivity index is 5.26. The summed E-state index contributed by atoms with van der Waals surface area (Å²) < 4.78 is 68.8. The van der Waals surface area contributed by atoms with Crippen LogP contribution in [0.3, 0.4) is 0 Å². The summed E-state index contributed by atoms with van der Waals surface area (Å²) in [6.07, 6.45) is 65.0. The first-order valence-electron chi connectivity index (χ1n) is 43.0. The average molecular weight is 1490 g/mol. The van der Waals surface area contributed by atoms with E-state index in [1.165, 1.54) is 257 Å². The van der Waals surface area contributed by atoms with Crippen molar-refractivity contribution in [2.24, 2.45) is 11.8 Å². The Morgan fingerprint density at radius 1 is 0.265 bits per heavy atom. The topological polar surface area (TPSA) is 237 Å². The van der Waals surface area contributed by atoms with Crippen molar-refractivity contribution in [1.82, 2.24) is 0 Å². The van der Waals surface area contributed by atoms with Gasteiger partial charge in [0.15, 0.2) is 12.2 Å². The van der Waals surface area contributed by atoms with E-state index in [2.05, 4.69) is 41.5 Å². The first kappa shape index (κ1) is 100. The van der Waals surface area contributed by atoms with Crippen molar-refractivity contribution in [2.75, 3.05) is 39.6 Å². The Labute approximate surface area is 626 Å². The van der Waals surface area contributed by atoms with E-state index in [0.29, 0.717) is 25.7 Å². The molecule has 0 aliphatic carbocycles. The van der Waals surface area contributed by atoms with E-state index >= 15 is 0 Å². The van der Waals surface area contributed by atoms with Crippen LogP contribution in [-0.2, 0) is 65.4 Å². The standard InChI is InChI=1S/C83H162O17P2/c1-7-9-11-13-15-17-19-21-22-23-31-37-43-49-55-61-67-82(87)99-78(71-93-80(85)65-59-53-47-41-35-20-18-16-14-12-10-8-2)73-97-101(89,90)95-69-77(84)70-96-102(91,92)98-74-79(100-83(88)68-62-56-50-44-38-32-27-25-29-34-40-46-52-58-64-76(5)6)72-94-81(86)66-60-54-48-42-36-30-26-24-28-33-39-45-51-57-63-75(3)4/h75-79,84H,7-74H2,1-6H3,(H,89,90)(H,91,92)/t77-,78+,79+/m0/s1. The van der Waals surface area contributed by atoms with Gasteiger partial charge in [0.1, 0.15) is 19.3 Å². The molecule has 0 bridgehead atoms. The second-order valence-corrected chi connectivity index (χ2v) is 33.7. The highest BCUT2D eigenvalue weighted by atomic mass is 31.2. The van der Waals surface area contributed by atoms with Gasteiger partial charge in [-0.1, -0.05) is 388 Å². The molecule has 2 unspecified atom stereocenters. The van der Waals surface area contributed by atoms with E-state index in [0.717, 1.165) is 102 Å². The molecule has 0 aromatic rings. The minimum absolute atomic E-state index is 0.108. The van der Waals surface area contributed by atoms with Crippen molar-refractivity contribution in [3.63, 3.8) is 0 Å². The van der Waals surface area contributed by atoms with Crippen LogP contribution in [0.25, 0.3) is 0 Å². The van der Waals surface area contributed by atoms with Crippen LogP contribution >= 0.6 is 15.6 Å². The summed E-state index contributed by atoms with van der Waals surface area (Å²) in [5, 5.41) is 10.7. The van der Waals surface area contributed by atoms with E-state index in [9.17, 15) is 43.2 Å². The average Bonchev–Trinajstić information content (AvgIpc) is 0.939. The lowest BCUT2D eigenvalue weighted by Gasteiger charge is -2.21. The van der Waals surface area contributed by atoms with Crippen LogP contribution < -0.4 is 0 Å². The Kier molecular flexibility index (Phi) is 73.1. The zero-order valence-corrected chi connectivity index (χ0v) is 68.7. The van der Waals surface area contributed by atoms with E-state index in [-0.39, 0.29) is 25.7 Å². The number of hydrogen-bond donors (Lipinski definition) is 3. The van der Waals surface area contributed by atoms with Crippen LogP contribution in [0, 0.1) is 11.8 Å². The predicted molar refractivity (Wildman–Crippen MR) is 418 cm³/mol. The fourth-order valence-electron chi connectivity index (χ4n) is 12.9. The molecule has 102 heavy (non-hydrogen) atoms. The van der Waals surface area contributed by atoms with E-state index in [1.54, 1.807) is 0 Å². The fraction of sp³-hybridized carbons (Fsp3) is 0.952. The first-order valence-corrected chi connectivity index (χ1v) is 46.0.